The van der Waals surface area contributed by atoms with E-state index in [0.717, 1.165) is 23.8 Å². The van der Waals surface area contributed by atoms with Crippen molar-refractivity contribution in [1.29, 1.82) is 0 Å². The standard InChI is InChI=1S/C14H18N6O.ClH/c1-10-17-18-19-20(10)13-4-2-3-12(7-13)16-14(21)9-15-8-11-5-6-11;/h2-4,7,11,15H,5-6,8-9H2,1H3,(H,16,21);1H. The number of nitrogens with zero attached hydrogens (tertiary/aromatic N) is 4. The monoisotopic (exact) mass is 322 g/mol. The maximum absolute atomic E-state index is 11.9. The Morgan fingerprint density at radius 3 is 2.91 bits per heavy atom. The highest BCUT2D eigenvalue weighted by Gasteiger charge is 2.20. The van der Waals surface area contributed by atoms with Gasteiger partial charge < -0.3 is 10.6 Å². The van der Waals surface area contributed by atoms with E-state index < -0.39 is 0 Å². The Morgan fingerprint density at radius 1 is 1.41 bits per heavy atom. The first-order valence-electron chi connectivity index (χ1n) is 7.08. The minimum absolute atomic E-state index is 0. The minimum atomic E-state index is -0.0405. The number of hydrogen-bond acceptors (Lipinski definition) is 5. The molecule has 1 saturated carbocycles. The Morgan fingerprint density at radius 2 is 2.23 bits per heavy atom. The molecule has 0 radical (unpaired) electrons. The average Bonchev–Trinajstić information content (AvgIpc) is 3.19. The summed E-state index contributed by atoms with van der Waals surface area (Å²) < 4.78 is 1.63. The average molecular weight is 323 g/mol. The quantitative estimate of drug-likeness (QED) is 0.838. The zero-order valence-corrected chi connectivity index (χ0v) is 13.1. The first kappa shape index (κ1) is 16.4. The topological polar surface area (TPSA) is 84.7 Å². The van der Waals surface area contributed by atoms with Crippen LogP contribution in [0.15, 0.2) is 24.3 Å². The second-order valence-electron chi connectivity index (χ2n) is 5.31. The van der Waals surface area contributed by atoms with Crippen molar-refractivity contribution < 1.29 is 4.79 Å². The first-order chi connectivity index (χ1) is 10.2. The smallest absolute Gasteiger partial charge is 0.238 e. The van der Waals surface area contributed by atoms with Gasteiger partial charge in [0.05, 0.1) is 12.2 Å². The fourth-order valence-corrected chi connectivity index (χ4v) is 2.10. The molecule has 2 aromatic rings. The van der Waals surface area contributed by atoms with E-state index in [-0.39, 0.29) is 18.3 Å². The molecule has 0 bridgehead atoms. The fraction of sp³-hybridized carbons (Fsp3) is 0.429. The SMILES string of the molecule is Cc1nnnn1-c1cccc(NC(=O)CNCC2CC2)c1.Cl. The maximum Gasteiger partial charge on any atom is 0.238 e. The lowest BCUT2D eigenvalue weighted by molar-refractivity contribution is -0.115. The van der Waals surface area contributed by atoms with Gasteiger partial charge in [0, 0.05) is 5.69 Å². The molecule has 0 saturated heterocycles. The van der Waals surface area contributed by atoms with Gasteiger partial charge in [0.25, 0.3) is 0 Å². The predicted molar refractivity (Wildman–Crippen MR) is 85.4 cm³/mol. The van der Waals surface area contributed by atoms with Gasteiger partial charge in [0.2, 0.25) is 5.91 Å². The summed E-state index contributed by atoms with van der Waals surface area (Å²) in [6.45, 7) is 3.09. The lowest BCUT2D eigenvalue weighted by Crippen LogP contribution is -2.29. The first-order valence-corrected chi connectivity index (χ1v) is 7.08. The van der Waals surface area contributed by atoms with E-state index in [1.54, 1.807) is 4.68 Å². The van der Waals surface area contributed by atoms with Gasteiger partial charge in [-0.2, -0.15) is 4.68 Å². The largest absolute Gasteiger partial charge is 0.325 e. The van der Waals surface area contributed by atoms with Crippen molar-refractivity contribution in [2.75, 3.05) is 18.4 Å². The number of aromatic nitrogens is 4. The highest BCUT2D eigenvalue weighted by molar-refractivity contribution is 5.92. The summed E-state index contributed by atoms with van der Waals surface area (Å²) >= 11 is 0. The van der Waals surface area contributed by atoms with Crippen molar-refractivity contribution in [1.82, 2.24) is 25.5 Å². The third-order valence-corrected chi connectivity index (χ3v) is 3.42. The number of rotatable bonds is 6. The molecule has 1 aromatic carbocycles. The van der Waals surface area contributed by atoms with Gasteiger partial charge in [0.1, 0.15) is 0 Å². The van der Waals surface area contributed by atoms with Gasteiger partial charge in [-0.3, -0.25) is 4.79 Å². The summed E-state index contributed by atoms with van der Waals surface area (Å²) in [5.41, 5.74) is 1.56. The van der Waals surface area contributed by atoms with Crippen molar-refractivity contribution in [2.24, 2.45) is 5.92 Å². The third kappa shape index (κ3) is 4.25. The minimum Gasteiger partial charge on any atom is -0.325 e. The number of amides is 1. The number of halogens is 1. The zero-order chi connectivity index (χ0) is 14.7. The van der Waals surface area contributed by atoms with Crippen molar-refractivity contribution in [2.45, 2.75) is 19.8 Å². The fourth-order valence-electron chi connectivity index (χ4n) is 2.10. The van der Waals surface area contributed by atoms with Crippen molar-refractivity contribution >= 4 is 24.0 Å². The van der Waals surface area contributed by atoms with Crippen molar-refractivity contribution in [3.05, 3.63) is 30.1 Å². The number of carbonyl (C=O) groups is 1. The summed E-state index contributed by atoms with van der Waals surface area (Å²) in [5.74, 6) is 1.43. The maximum atomic E-state index is 11.9. The Hall–Kier alpha value is -1.99. The van der Waals surface area contributed by atoms with Crippen LogP contribution in [0.2, 0.25) is 0 Å². The molecule has 3 rings (SSSR count). The van der Waals surface area contributed by atoms with Gasteiger partial charge in [-0.05, 0) is 60.9 Å². The van der Waals surface area contributed by atoms with E-state index in [1.807, 2.05) is 31.2 Å². The highest BCUT2D eigenvalue weighted by atomic mass is 35.5. The summed E-state index contributed by atoms with van der Waals surface area (Å²) in [7, 11) is 0. The van der Waals surface area contributed by atoms with Crippen LogP contribution in [-0.2, 0) is 4.79 Å². The van der Waals surface area contributed by atoms with Gasteiger partial charge in [-0.1, -0.05) is 6.07 Å². The molecule has 0 atom stereocenters. The van der Waals surface area contributed by atoms with Crippen molar-refractivity contribution in [3.8, 4) is 5.69 Å². The molecule has 0 unspecified atom stereocenters. The van der Waals surface area contributed by atoms with Crippen LogP contribution in [0.5, 0.6) is 0 Å². The number of anilines is 1. The highest BCUT2D eigenvalue weighted by Crippen LogP contribution is 2.27. The summed E-state index contributed by atoms with van der Waals surface area (Å²) in [5, 5.41) is 17.4. The Labute approximate surface area is 134 Å². The van der Waals surface area contributed by atoms with E-state index in [0.29, 0.717) is 12.4 Å². The summed E-state index contributed by atoms with van der Waals surface area (Å²) in [6.07, 6.45) is 2.56. The second kappa shape index (κ2) is 7.33. The lowest BCUT2D eigenvalue weighted by Gasteiger charge is -2.08. The van der Waals surface area contributed by atoms with Gasteiger partial charge in [0.15, 0.2) is 5.82 Å². The zero-order valence-electron chi connectivity index (χ0n) is 12.3. The van der Waals surface area contributed by atoms with Crippen LogP contribution < -0.4 is 10.6 Å². The normalized spacial score (nSPS) is 13.5. The molecular formula is C14H19ClN6O. The molecule has 1 heterocycles. The number of nitrogens with one attached hydrogen (secondary N) is 2. The molecular weight excluding hydrogens is 304 g/mol. The number of benzene rings is 1. The molecule has 0 spiro atoms. The number of carbonyl (C=O) groups excluding carboxylic acids is 1. The predicted octanol–water partition coefficient (Wildman–Crippen LogP) is 1.33. The number of aryl methyl sites for hydroxylation is 1. The molecule has 1 aliphatic rings. The number of tetrazole rings is 1. The third-order valence-electron chi connectivity index (χ3n) is 3.42. The van der Waals surface area contributed by atoms with Crippen LogP contribution in [-0.4, -0.2) is 39.2 Å². The second-order valence-corrected chi connectivity index (χ2v) is 5.31. The molecule has 1 aliphatic carbocycles. The Bertz CT molecular complexity index is 640. The van der Waals surface area contributed by atoms with Crippen LogP contribution in [0.1, 0.15) is 18.7 Å². The molecule has 1 fully saturated rings. The Kier molecular flexibility index (Phi) is 5.46. The number of hydrogen-bond donors (Lipinski definition) is 2. The molecule has 118 valence electrons. The molecule has 22 heavy (non-hydrogen) atoms. The van der Waals surface area contributed by atoms with Crippen LogP contribution in [0, 0.1) is 12.8 Å². The van der Waals surface area contributed by atoms with Crippen LogP contribution in [0.3, 0.4) is 0 Å². The lowest BCUT2D eigenvalue weighted by atomic mass is 10.2. The molecule has 2 N–H and O–H groups in total. The summed E-state index contributed by atoms with van der Waals surface area (Å²) in [4.78, 5) is 11.9. The van der Waals surface area contributed by atoms with E-state index >= 15 is 0 Å². The van der Waals surface area contributed by atoms with Gasteiger partial charge in [-0.15, -0.1) is 17.5 Å². The molecule has 1 amide bonds. The molecule has 1 aromatic heterocycles. The summed E-state index contributed by atoms with van der Waals surface area (Å²) in [6, 6.07) is 7.46. The van der Waals surface area contributed by atoms with E-state index in [2.05, 4.69) is 26.2 Å². The van der Waals surface area contributed by atoms with Crippen molar-refractivity contribution in [3.63, 3.8) is 0 Å². The van der Waals surface area contributed by atoms with Gasteiger partial charge in [-0.25, -0.2) is 0 Å². The molecule has 0 aliphatic heterocycles. The van der Waals surface area contributed by atoms with E-state index in [1.165, 1.54) is 12.8 Å². The molecule has 7 nitrogen and oxygen atoms in total. The van der Waals surface area contributed by atoms with Crippen LogP contribution in [0.25, 0.3) is 5.69 Å². The van der Waals surface area contributed by atoms with E-state index in [9.17, 15) is 4.79 Å². The van der Waals surface area contributed by atoms with E-state index in [4.69, 9.17) is 0 Å². The van der Waals surface area contributed by atoms with Crippen LogP contribution >= 0.6 is 12.4 Å². The molecule has 8 heteroatoms. The van der Waals surface area contributed by atoms with Crippen LogP contribution in [0.4, 0.5) is 5.69 Å². The Balaban J connectivity index is 0.00000176. The van der Waals surface area contributed by atoms with Gasteiger partial charge >= 0.3 is 0 Å².